The zero-order chi connectivity index (χ0) is 14.5. The average Bonchev–Trinajstić information content (AvgIpc) is 2.93. The van der Waals surface area contributed by atoms with Crippen molar-refractivity contribution in [3.05, 3.63) is 39.5 Å². The number of hydrogen-bond donors (Lipinski definition) is 1. The molecule has 1 heterocycles. The van der Waals surface area contributed by atoms with Crippen molar-refractivity contribution in [3.63, 3.8) is 0 Å². The van der Waals surface area contributed by atoms with Gasteiger partial charge >= 0.3 is 6.18 Å². The summed E-state index contributed by atoms with van der Waals surface area (Å²) in [5.74, 6) is 0.327. The number of anilines is 1. The molecule has 1 aliphatic rings. The minimum atomic E-state index is -4.44. The van der Waals surface area contributed by atoms with Crippen molar-refractivity contribution in [2.45, 2.75) is 25.4 Å². The lowest BCUT2D eigenvalue weighted by Gasteiger charge is -2.14. The highest BCUT2D eigenvalue weighted by atomic mass is 79.9. The van der Waals surface area contributed by atoms with Gasteiger partial charge in [0.2, 0.25) is 0 Å². The second kappa shape index (κ2) is 4.51. The summed E-state index contributed by atoms with van der Waals surface area (Å²) >= 11 is 3.07. The number of nitrogen functional groups attached to an aromatic ring is 1. The van der Waals surface area contributed by atoms with Crippen LogP contribution in [0.3, 0.4) is 0 Å². The molecule has 0 spiro atoms. The Hall–Kier alpha value is -1.50. The molecule has 7 heteroatoms. The van der Waals surface area contributed by atoms with E-state index in [-0.39, 0.29) is 5.69 Å². The predicted octanol–water partition coefficient (Wildman–Crippen LogP) is 3.72. The second-order valence-electron chi connectivity index (χ2n) is 4.74. The van der Waals surface area contributed by atoms with Crippen molar-refractivity contribution >= 4 is 21.7 Å². The minimum Gasteiger partial charge on any atom is -0.382 e. The molecule has 3 rings (SSSR count). The number of halogens is 4. The fraction of sp³-hybridized carbons (Fsp3) is 0.308. The van der Waals surface area contributed by atoms with Gasteiger partial charge in [-0.25, -0.2) is 4.68 Å². The maximum absolute atomic E-state index is 13.2. The van der Waals surface area contributed by atoms with Crippen molar-refractivity contribution in [1.82, 2.24) is 9.78 Å². The first-order valence-corrected chi connectivity index (χ1v) is 6.90. The minimum absolute atomic E-state index is 0.0237. The highest BCUT2D eigenvalue weighted by Gasteiger charge is 2.35. The normalized spacial score (nSPS) is 14.6. The summed E-state index contributed by atoms with van der Waals surface area (Å²) in [5.41, 5.74) is 6.77. The van der Waals surface area contributed by atoms with Crippen LogP contribution < -0.4 is 5.73 Å². The monoisotopic (exact) mass is 345 g/mol. The van der Waals surface area contributed by atoms with Crippen LogP contribution in [0, 0.1) is 0 Å². The van der Waals surface area contributed by atoms with Crippen molar-refractivity contribution < 1.29 is 13.2 Å². The van der Waals surface area contributed by atoms with Gasteiger partial charge in [0.05, 0.1) is 11.3 Å². The summed E-state index contributed by atoms with van der Waals surface area (Å²) in [5, 5.41) is 4.09. The van der Waals surface area contributed by atoms with Gasteiger partial charge in [0.1, 0.15) is 5.82 Å². The van der Waals surface area contributed by atoms with E-state index >= 15 is 0 Å². The van der Waals surface area contributed by atoms with E-state index in [0.717, 1.165) is 30.2 Å². The third kappa shape index (κ3) is 2.09. The highest BCUT2D eigenvalue weighted by molar-refractivity contribution is 9.10. The molecule has 106 valence electrons. The summed E-state index contributed by atoms with van der Waals surface area (Å²) in [4.78, 5) is 0. The van der Waals surface area contributed by atoms with Crippen LogP contribution in [-0.4, -0.2) is 9.78 Å². The molecule has 20 heavy (non-hydrogen) atoms. The van der Waals surface area contributed by atoms with Crippen LogP contribution in [0.15, 0.2) is 22.7 Å². The van der Waals surface area contributed by atoms with E-state index < -0.39 is 11.7 Å². The lowest BCUT2D eigenvalue weighted by molar-refractivity contribution is -0.137. The van der Waals surface area contributed by atoms with Crippen LogP contribution in [0.4, 0.5) is 19.0 Å². The van der Waals surface area contributed by atoms with Gasteiger partial charge in [-0.3, -0.25) is 0 Å². The summed E-state index contributed by atoms with van der Waals surface area (Å²) in [6.45, 7) is 0. The molecule has 2 N–H and O–H groups in total. The van der Waals surface area contributed by atoms with Crippen molar-refractivity contribution in [3.8, 4) is 5.69 Å². The van der Waals surface area contributed by atoms with Crippen molar-refractivity contribution in [1.29, 1.82) is 0 Å². The Morgan fingerprint density at radius 2 is 2.00 bits per heavy atom. The molecule has 0 aliphatic heterocycles. The Morgan fingerprint density at radius 3 is 2.70 bits per heavy atom. The topological polar surface area (TPSA) is 43.8 Å². The number of nitrogens with zero attached hydrogens (tertiary/aromatic N) is 2. The molecule has 3 nitrogen and oxygen atoms in total. The fourth-order valence-corrected chi connectivity index (χ4v) is 2.95. The van der Waals surface area contributed by atoms with Crippen LogP contribution in [0.1, 0.15) is 23.2 Å². The number of nitrogens with two attached hydrogens (primary N) is 1. The van der Waals surface area contributed by atoms with Gasteiger partial charge in [-0.05, 0) is 37.5 Å². The van der Waals surface area contributed by atoms with Crippen molar-refractivity contribution in [2.75, 3.05) is 5.73 Å². The Morgan fingerprint density at radius 1 is 1.25 bits per heavy atom. The molecule has 0 amide bonds. The quantitative estimate of drug-likeness (QED) is 0.855. The molecule has 0 saturated carbocycles. The lowest BCUT2D eigenvalue weighted by Crippen LogP contribution is -2.13. The van der Waals surface area contributed by atoms with E-state index in [2.05, 4.69) is 21.0 Å². The Labute approximate surface area is 121 Å². The summed E-state index contributed by atoms with van der Waals surface area (Å²) in [6.07, 6.45) is -2.06. The molecule has 1 aromatic carbocycles. The summed E-state index contributed by atoms with van der Waals surface area (Å²) in [7, 11) is 0. The molecule has 1 aliphatic carbocycles. The Bertz CT molecular complexity index is 676. The molecular weight excluding hydrogens is 335 g/mol. The van der Waals surface area contributed by atoms with Gasteiger partial charge in [-0.1, -0.05) is 15.9 Å². The number of aromatic nitrogens is 2. The maximum Gasteiger partial charge on any atom is 0.418 e. The molecule has 1 aromatic heterocycles. The third-order valence-corrected chi connectivity index (χ3v) is 3.95. The first-order chi connectivity index (χ1) is 9.38. The Balaban J connectivity index is 2.23. The van der Waals surface area contributed by atoms with Crippen LogP contribution in [0.25, 0.3) is 5.69 Å². The molecule has 0 atom stereocenters. The molecule has 0 saturated heterocycles. The smallest absolute Gasteiger partial charge is 0.382 e. The maximum atomic E-state index is 13.2. The standard InChI is InChI=1S/C13H11BrF3N3/c14-7-4-5-11(9(6-7)13(15,16)17)20-10-3-1-2-8(10)12(18)19-20/h4-6H,1-3H2,(H2,18,19). The number of alkyl halides is 3. The third-order valence-electron chi connectivity index (χ3n) is 3.45. The molecule has 0 fully saturated rings. The van der Waals surface area contributed by atoms with Gasteiger partial charge in [-0.2, -0.15) is 18.3 Å². The zero-order valence-corrected chi connectivity index (χ0v) is 11.9. The lowest BCUT2D eigenvalue weighted by atomic mass is 10.1. The fourth-order valence-electron chi connectivity index (χ4n) is 2.59. The number of hydrogen-bond acceptors (Lipinski definition) is 2. The first kappa shape index (κ1) is 13.5. The molecular formula is C13H11BrF3N3. The van der Waals surface area contributed by atoms with E-state index in [1.807, 2.05) is 0 Å². The predicted molar refractivity (Wildman–Crippen MR) is 72.7 cm³/mol. The van der Waals surface area contributed by atoms with Crippen molar-refractivity contribution in [2.24, 2.45) is 0 Å². The van der Waals surface area contributed by atoms with E-state index in [1.54, 1.807) is 6.07 Å². The van der Waals surface area contributed by atoms with Crippen LogP contribution in [0.5, 0.6) is 0 Å². The molecule has 0 bridgehead atoms. The van der Waals surface area contributed by atoms with Crippen LogP contribution in [-0.2, 0) is 19.0 Å². The average molecular weight is 346 g/mol. The molecule has 0 unspecified atom stereocenters. The van der Waals surface area contributed by atoms with Gasteiger partial charge in [0, 0.05) is 15.7 Å². The molecule has 2 aromatic rings. The largest absolute Gasteiger partial charge is 0.418 e. The summed E-state index contributed by atoms with van der Waals surface area (Å²) in [6, 6.07) is 4.05. The highest BCUT2D eigenvalue weighted by Crippen LogP contribution is 2.38. The number of fused-ring (bicyclic) bond motifs is 1. The molecule has 0 radical (unpaired) electrons. The number of rotatable bonds is 1. The zero-order valence-electron chi connectivity index (χ0n) is 10.3. The van der Waals surface area contributed by atoms with E-state index in [1.165, 1.54) is 10.7 Å². The Kier molecular flexibility index (Phi) is 3.04. The number of benzene rings is 1. The van der Waals surface area contributed by atoms with E-state index in [4.69, 9.17) is 5.73 Å². The van der Waals surface area contributed by atoms with Crippen LogP contribution in [0.2, 0.25) is 0 Å². The van der Waals surface area contributed by atoms with Gasteiger partial charge in [-0.15, -0.1) is 0 Å². The van der Waals surface area contributed by atoms with E-state index in [0.29, 0.717) is 16.7 Å². The van der Waals surface area contributed by atoms with Gasteiger partial charge in [0.25, 0.3) is 0 Å². The van der Waals surface area contributed by atoms with Gasteiger partial charge < -0.3 is 5.73 Å². The van der Waals surface area contributed by atoms with Gasteiger partial charge in [0.15, 0.2) is 0 Å². The summed E-state index contributed by atoms with van der Waals surface area (Å²) < 4.78 is 41.3. The first-order valence-electron chi connectivity index (χ1n) is 6.11. The van der Waals surface area contributed by atoms with Crippen LogP contribution >= 0.6 is 15.9 Å². The SMILES string of the molecule is Nc1nn(-c2ccc(Br)cc2C(F)(F)F)c2c1CCC2. The van der Waals surface area contributed by atoms with E-state index in [9.17, 15) is 13.2 Å². The second-order valence-corrected chi connectivity index (χ2v) is 5.65.